The summed E-state index contributed by atoms with van der Waals surface area (Å²) in [6.45, 7) is 1.01. The number of ether oxygens (including phenoxy) is 1. The molecule has 1 aromatic rings. The third-order valence-electron chi connectivity index (χ3n) is 4.86. The highest BCUT2D eigenvalue weighted by molar-refractivity contribution is 6.30. The number of hydrogen-bond acceptors (Lipinski definition) is 4. The second-order valence-corrected chi connectivity index (χ2v) is 6.95. The molecule has 0 aromatic heterocycles. The molecular formula is C18H21ClN2O5. The summed E-state index contributed by atoms with van der Waals surface area (Å²) in [5.41, 5.74) is 0.686. The van der Waals surface area contributed by atoms with Gasteiger partial charge in [-0.25, -0.2) is 0 Å². The zero-order chi connectivity index (χ0) is 18.7. The van der Waals surface area contributed by atoms with Crippen molar-refractivity contribution >= 4 is 35.1 Å². The Morgan fingerprint density at radius 2 is 1.85 bits per heavy atom. The molecule has 7 nitrogen and oxygen atoms in total. The molecule has 1 aromatic carbocycles. The summed E-state index contributed by atoms with van der Waals surface area (Å²) in [5, 5.41) is 9.76. The summed E-state index contributed by atoms with van der Waals surface area (Å²) in [6.07, 6.45) is 1.54. The second kappa shape index (κ2) is 8.05. The maximum atomic E-state index is 13.0. The van der Waals surface area contributed by atoms with Gasteiger partial charge in [-0.2, -0.15) is 0 Å². The zero-order valence-corrected chi connectivity index (χ0v) is 15.0. The van der Waals surface area contributed by atoms with Crippen molar-refractivity contribution in [1.82, 2.24) is 4.90 Å². The van der Waals surface area contributed by atoms with E-state index in [2.05, 4.69) is 0 Å². The number of nitrogens with zero attached hydrogens (tertiary/aromatic N) is 2. The van der Waals surface area contributed by atoms with Crippen LogP contribution in [-0.4, -0.2) is 60.1 Å². The van der Waals surface area contributed by atoms with Crippen molar-refractivity contribution in [3.63, 3.8) is 0 Å². The fourth-order valence-corrected chi connectivity index (χ4v) is 3.64. The van der Waals surface area contributed by atoms with Crippen molar-refractivity contribution < 1.29 is 24.2 Å². The molecule has 140 valence electrons. The number of rotatable bonds is 5. The molecule has 2 amide bonds. The summed E-state index contributed by atoms with van der Waals surface area (Å²) in [6, 6.07) is 6.65. The van der Waals surface area contributed by atoms with Gasteiger partial charge in [0.15, 0.2) is 0 Å². The molecule has 1 N–H and O–H groups in total. The third kappa shape index (κ3) is 3.99. The Hall–Kier alpha value is -2.12. The fourth-order valence-electron chi connectivity index (χ4n) is 3.52. The monoisotopic (exact) mass is 380 g/mol. The first-order valence-corrected chi connectivity index (χ1v) is 9.02. The van der Waals surface area contributed by atoms with E-state index in [1.807, 2.05) is 0 Å². The molecule has 2 aliphatic heterocycles. The molecule has 0 aliphatic carbocycles. The summed E-state index contributed by atoms with van der Waals surface area (Å²) in [7, 11) is 0. The summed E-state index contributed by atoms with van der Waals surface area (Å²) in [5.74, 6) is -2.61. The van der Waals surface area contributed by atoms with Gasteiger partial charge in [0.25, 0.3) is 0 Å². The van der Waals surface area contributed by atoms with Crippen molar-refractivity contribution in [2.24, 2.45) is 5.92 Å². The predicted molar refractivity (Wildman–Crippen MR) is 95.1 cm³/mol. The van der Waals surface area contributed by atoms with Crippen LogP contribution in [0.15, 0.2) is 24.3 Å². The first-order valence-electron chi connectivity index (χ1n) is 8.64. The summed E-state index contributed by atoms with van der Waals surface area (Å²) < 4.78 is 5.29. The van der Waals surface area contributed by atoms with Crippen LogP contribution in [-0.2, 0) is 19.1 Å². The van der Waals surface area contributed by atoms with Gasteiger partial charge in [-0.05, 0) is 43.5 Å². The third-order valence-corrected chi connectivity index (χ3v) is 5.11. The number of halogens is 1. The Labute approximate surface area is 156 Å². The quantitative estimate of drug-likeness (QED) is 0.787. The average molecular weight is 381 g/mol. The minimum absolute atomic E-state index is 0.204. The SMILES string of the molecule is O=C(O)CN(C(=O)[C@@H]1CCN(c2ccc(Cl)cc2)C1=O)C1CCOCC1. The molecule has 0 radical (unpaired) electrons. The van der Waals surface area contributed by atoms with Crippen molar-refractivity contribution in [1.29, 1.82) is 0 Å². The fraction of sp³-hybridized carbons (Fsp3) is 0.500. The number of hydrogen-bond donors (Lipinski definition) is 1. The van der Waals surface area contributed by atoms with Crippen LogP contribution in [0.4, 0.5) is 5.69 Å². The van der Waals surface area contributed by atoms with E-state index in [0.29, 0.717) is 49.7 Å². The van der Waals surface area contributed by atoms with E-state index in [4.69, 9.17) is 16.3 Å². The first kappa shape index (κ1) is 18.7. The zero-order valence-electron chi connectivity index (χ0n) is 14.3. The molecule has 0 unspecified atom stereocenters. The van der Waals surface area contributed by atoms with Gasteiger partial charge in [0.1, 0.15) is 12.5 Å². The Bertz CT molecular complexity index is 687. The van der Waals surface area contributed by atoms with Crippen LogP contribution in [0.5, 0.6) is 0 Å². The van der Waals surface area contributed by atoms with Gasteiger partial charge >= 0.3 is 5.97 Å². The van der Waals surface area contributed by atoms with E-state index in [9.17, 15) is 19.5 Å². The molecule has 0 bridgehead atoms. The molecule has 0 saturated carbocycles. The lowest BCUT2D eigenvalue weighted by molar-refractivity contribution is -0.151. The molecule has 26 heavy (non-hydrogen) atoms. The van der Waals surface area contributed by atoms with Gasteiger partial charge in [0, 0.05) is 36.5 Å². The van der Waals surface area contributed by atoms with Crippen LogP contribution >= 0.6 is 11.6 Å². The van der Waals surface area contributed by atoms with E-state index in [0.717, 1.165) is 0 Å². The van der Waals surface area contributed by atoms with Crippen LogP contribution in [0.25, 0.3) is 0 Å². The number of carboxylic acid groups (broad SMARTS) is 1. The van der Waals surface area contributed by atoms with Gasteiger partial charge < -0.3 is 19.6 Å². The smallest absolute Gasteiger partial charge is 0.323 e. The maximum Gasteiger partial charge on any atom is 0.323 e. The van der Waals surface area contributed by atoms with Gasteiger partial charge in [-0.3, -0.25) is 14.4 Å². The van der Waals surface area contributed by atoms with E-state index in [-0.39, 0.29) is 11.9 Å². The second-order valence-electron chi connectivity index (χ2n) is 6.51. The van der Waals surface area contributed by atoms with Crippen molar-refractivity contribution in [3.05, 3.63) is 29.3 Å². The number of anilines is 1. The molecule has 0 spiro atoms. The van der Waals surface area contributed by atoms with E-state index in [1.54, 1.807) is 29.2 Å². The van der Waals surface area contributed by atoms with Gasteiger partial charge in [0.05, 0.1) is 0 Å². The lowest BCUT2D eigenvalue weighted by atomic mass is 10.0. The maximum absolute atomic E-state index is 13.0. The summed E-state index contributed by atoms with van der Waals surface area (Å²) >= 11 is 5.88. The Balaban J connectivity index is 1.75. The number of aliphatic carboxylic acids is 1. The molecule has 1 atom stereocenters. The molecule has 2 aliphatic rings. The molecule has 8 heteroatoms. The molecule has 2 fully saturated rings. The largest absolute Gasteiger partial charge is 0.480 e. The topological polar surface area (TPSA) is 87.2 Å². The minimum Gasteiger partial charge on any atom is -0.480 e. The lowest BCUT2D eigenvalue weighted by Gasteiger charge is -2.34. The molecule has 2 saturated heterocycles. The average Bonchev–Trinajstić information content (AvgIpc) is 3.02. The minimum atomic E-state index is -1.08. The van der Waals surface area contributed by atoms with Gasteiger partial charge in [-0.15, -0.1) is 0 Å². The van der Waals surface area contributed by atoms with E-state index >= 15 is 0 Å². The highest BCUT2D eigenvalue weighted by Crippen LogP contribution is 2.29. The lowest BCUT2D eigenvalue weighted by Crippen LogP contribution is -2.49. The van der Waals surface area contributed by atoms with E-state index in [1.165, 1.54) is 4.90 Å². The van der Waals surface area contributed by atoms with E-state index < -0.39 is 24.3 Å². The van der Waals surface area contributed by atoms with Gasteiger partial charge in [-0.1, -0.05) is 11.6 Å². The highest BCUT2D eigenvalue weighted by atomic mass is 35.5. The molecule has 3 rings (SSSR count). The van der Waals surface area contributed by atoms with Crippen LogP contribution in [0.3, 0.4) is 0 Å². The first-order chi connectivity index (χ1) is 12.5. The van der Waals surface area contributed by atoms with Crippen molar-refractivity contribution in [3.8, 4) is 0 Å². The number of benzene rings is 1. The summed E-state index contributed by atoms with van der Waals surface area (Å²) in [4.78, 5) is 39.9. The van der Waals surface area contributed by atoms with Crippen LogP contribution < -0.4 is 4.90 Å². The normalized spacial score (nSPS) is 21.0. The predicted octanol–water partition coefficient (Wildman–Crippen LogP) is 1.79. The number of carbonyl (C=O) groups excluding carboxylic acids is 2. The molecular weight excluding hydrogens is 360 g/mol. The highest BCUT2D eigenvalue weighted by Gasteiger charge is 2.42. The number of amides is 2. The van der Waals surface area contributed by atoms with Crippen molar-refractivity contribution in [2.75, 3.05) is 31.2 Å². The standard InChI is InChI=1S/C18H21ClN2O5/c19-12-1-3-13(4-2-12)20-8-5-15(17(20)24)18(25)21(11-16(22)23)14-6-9-26-10-7-14/h1-4,14-15H,5-11H2,(H,22,23)/t15-/m1/s1. The van der Waals surface area contributed by atoms with Crippen LogP contribution in [0.2, 0.25) is 5.02 Å². The van der Waals surface area contributed by atoms with Crippen molar-refractivity contribution in [2.45, 2.75) is 25.3 Å². The number of carbonyl (C=O) groups is 3. The van der Waals surface area contributed by atoms with Gasteiger partial charge in [0.2, 0.25) is 11.8 Å². The Morgan fingerprint density at radius 3 is 2.46 bits per heavy atom. The Morgan fingerprint density at radius 1 is 1.19 bits per heavy atom. The molecule has 2 heterocycles. The van der Waals surface area contributed by atoms with Crippen LogP contribution in [0, 0.1) is 5.92 Å². The number of carboxylic acids is 1. The Kier molecular flexibility index (Phi) is 5.78. The van der Waals surface area contributed by atoms with Crippen LogP contribution in [0.1, 0.15) is 19.3 Å².